The number of rotatable bonds is 9. The summed E-state index contributed by atoms with van der Waals surface area (Å²) < 4.78 is 18.2. The molecule has 1 aromatic rings. The molecule has 0 spiro atoms. The molecule has 0 aliphatic heterocycles. The van der Waals surface area contributed by atoms with Gasteiger partial charge < -0.3 is 20.3 Å². The highest BCUT2D eigenvalue weighted by Gasteiger charge is 2.68. The van der Waals surface area contributed by atoms with Gasteiger partial charge in [0.1, 0.15) is 11.4 Å². The summed E-state index contributed by atoms with van der Waals surface area (Å²) in [6.07, 6.45) is 5.22. The van der Waals surface area contributed by atoms with Crippen molar-refractivity contribution in [1.29, 1.82) is 0 Å². The van der Waals surface area contributed by atoms with Gasteiger partial charge in [-0.15, -0.1) is 0 Å². The van der Waals surface area contributed by atoms with E-state index in [4.69, 9.17) is 4.74 Å². The minimum Gasteiger partial charge on any atom is -0.458 e. The first kappa shape index (κ1) is 30.5. The van der Waals surface area contributed by atoms with E-state index < -0.39 is 35.5 Å². The van der Waals surface area contributed by atoms with Crippen LogP contribution in [0.1, 0.15) is 77.2 Å². The van der Waals surface area contributed by atoms with Crippen molar-refractivity contribution in [2.24, 2.45) is 28.6 Å². The van der Waals surface area contributed by atoms with E-state index in [0.29, 0.717) is 32.2 Å². The zero-order valence-electron chi connectivity index (χ0n) is 24.5. The number of aliphatic hydroxyl groups is 2. The predicted octanol–water partition coefficient (Wildman–Crippen LogP) is 3.61. The van der Waals surface area contributed by atoms with Crippen LogP contribution in [0.15, 0.2) is 35.9 Å². The fourth-order valence-corrected chi connectivity index (χ4v) is 8.79. The number of halogens is 1. The minimum absolute atomic E-state index is 0.0270. The van der Waals surface area contributed by atoms with Crippen LogP contribution in [0.4, 0.5) is 4.39 Å². The van der Waals surface area contributed by atoms with Gasteiger partial charge in [0.25, 0.3) is 0 Å². The average Bonchev–Trinajstić information content (AvgIpc) is 3.22. The third-order valence-electron chi connectivity index (χ3n) is 11.1. The Bertz CT molecular complexity index is 1280. The molecule has 9 heteroatoms. The number of nitrogens with one attached hydrogen (secondary N) is 1. The van der Waals surface area contributed by atoms with E-state index in [1.807, 2.05) is 6.92 Å². The molecule has 3 N–H and O–H groups in total. The number of hydrogen-bond acceptors (Lipinski definition) is 7. The molecular weight excluding hydrogens is 541 g/mol. The summed E-state index contributed by atoms with van der Waals surface area (Å²) >= 11 is 0. The Morgan fingerprint density at radius 1 is 1.07 bits per heavy atom. The lowest BCUT2D eigenvalue weighted by Gasteiger charge is -2.60. The average molecular weight is 584 g/mol. The first-order chi connectivity index (χ1) is 19.9. The van der Waals surface area contributed by atoms with Gasteiger partial charge in [-0.25, -0.2) is 4.39 Å². The van der Waals surface area contributed by atoms with E-state index in [2.05, 4.69) is 12.2 Å². The van der Waals surface area contributed by atoms with Crippen LogP contribution >= 0.6 is 0 Å². The number of aliphatic hydroxyl groups excluding tert-OH is 1. The minimum atomic E-state index is -1.72. The number of carbonyl (C=O) groups is 4. The van der Waals surface area contributed by atoms with Crippen LogP contribution < -0.4 is 5.32 Å². The SMILES string of the molecule is C[C@]12CCC(=O)C=C1CC[C@H]1[C@H]2[C@@H](O)C[C@@]2(C)[C@@H]1CC[C@]2(O)C(=O)COC(=O)CCC(=O)NCCc1ccc(F)cc1. The highest BCUT2D eigenvalue weighted by atomic mass is 19.1. The van der Waals surface area contributed by atoms with Crippen LogP contribution in [-0.2, 0) is 30.3 Å². The number of Topliss-reactive ketones (excluding diaryl/α,β-unsaturated/α-hetero) is 1. The third kappa shape index (κ3) is 5.46. The van der Waals surface area contributed by atoms with Gasteiger partial charge in [0.15, 0.2) is 12.4 Å². The highest BCUT2D eigenvalue weighted by molar-refractivity contribution is 5.92. The standard InChI is InChI=1S/C33H42FNO7/c1-31-14-11-23(36)17-21(31)5-8-24-25-12-15-33(41,32(25,2)18-26(37)30(24)31)27(38)19-42-29(40)10-9-28(39)35-16-13-20-3-6-22(34)7-4-20/h3-4,6-7,17,24-26,30,37,41H,5,8-16,18-19H2,1-2H3,(H,35,39)/t24-,25-,26+,30+,31+,32+,33+/m1/s1. The maximum absolute atomic E-state index is 13.4. The second-order valence-corrected chi connectivity index (χ2v) is 13.3. The summed E-state index contributed by atoms with van der Waals surface area (Å²) in [5.41, 5.74) is -0.836. The van der Waals surface area contributed by atoms with Gasteiger partial charge in [0, 0.05) is 24.8 Å². The molecule has 1 amide bonds. The van der Waals surface area contributed by atoms with Crippen LogP contribution in [0.25, 0.3) is 0 Å². The molecule has 3 saturated carbocycles. The van der Waals surface area contributed by atoms with E-state index in [1.165, 1.54) is 12.1 Å². The normalized spacial score (nSPS) is 35.4. The molecule has 0 unspecified atom stereocenters. The highest BCUT2D eigenvalue weighted by Crippen LogP contribution is 2.67. The number of esters is 1. The topological polar surface area (TPSA) is 130 Å². The van der Waals surface area contributed by atoms with E-state index in [-0.39, 0.29) is 66.4 Å². The first-order valence-corrected chi connectivity index (χ1v) is 15.2. The number of allylic oxidation sites excluding steroid dienone is 1. The smallest absolute Gasteiger partial charge is 0.306 e. The quantitative estimate of drug-likeness (QED) is 0.379. The number of hydrogen-bond donors (Lipinski definition) is 3. The summed E-state index contributed by atoms with van der Waals surface area (Å²) in [5, 5.41) is 26.0. The van der Waals surface area contributed by atoms with E-state index in [0.717, 1.165) is 24.0 Å². The van der Waals surface area contributed by atoms with Crippen molar-refractivity contribution in [2.75, 3.05) is 13.2 Å². The molecule has 0 bridgehead atoms. The van der Waals surface area contributed by atoms with Gasteiger partial charge in [0.2, 0.25) is 11.7 Å². The maximum Gasteiger partial charge on any atom is 0.306 e. The van der Waals surface area contributed by atoms with Crippen LogP contribution in [0.3, 0.4) is 0 Å². The molecule has 5 rings (SSSR count). The molecule has 228 valence electrons. The van der Waals surface area contributed by atoms with Crippen LogP contribution in [0, 0.1) is 34.4 Å². The van der Waals surface area contributed by atoms with Crippen molar-refractivity contribution in [3.8, 4) is 0 Å². The molecule has 0 aromatic heterocycles. The number of ketones is 2. The van der Waals surface area contributed by atoms with Crippen molar-refractivity contribution < 1.29 is 38.5 Å². The van der Waals surface area contributed by atoms with E-state index in [9.17, 15) is 33.8 Å². The molecule has 3 fully saturated rings. The van der Waals surface area contributed by atoms with Crippen LogP contribution in [0.2, 0.25) is 0 Å². The number of ether oxygens (including phenoxy) is 1. The number of amides is 1. The second-order valence-electron chi connectivity index (χ2n) is 13.3. The van der Waals surface area contributed by atoms with Gasteiger partial charge >= 0.3 is 5.97 Å². The lowest BCUT2D eigenvalue weighted by molar-refractivity contribution is -0.184. The largest absolute Gasteiger partial charge is 0.458 e. The summed E-state index contributed by atoms with van der Waals surface area (Å²) in [5.74, 6) is -1.65. The predicted molar refractivity (Wildman–Crippen MR) is 151 cm³/mol. The maximum atomic E-state index is 13.4. The molecule has 8 nitrogen and oxygen atoms in total. The third-order valence-corrected chi connectivity index (χ3v) is 11.1. The molecule has 0 radical (unpaired) electrons. The molecule has 0 heterocycles. The lowest BCUT2D eigenvalue weighted by atomic mass is 9.45. The van der Waals surface area contributed by atoms with E-state index >= 15 is 0 Å². The van der Waals surface area contributed by atoms with Crippen molar-refractivity contribution in [3.05, 3.63) is 47.3 Å². The number of benzene rings is 1. The zero-order chi connectivity index (χ0) is 30.3. The van der Waals surface area contributed by atoms with Gasteiger partial charge in [0.05, 0.1) is 12.5 Å². The fourth-order valence-electron chi connectivity index (χ4n) is 8.79. The van der Waals surface area contributed by atoms with Gasteiger partial charge in [-0.05, 0) is 91.9 Å². The molecule has 1 aromatic carbocycles. The zero-order valence-corrected chi connectivity index (χ0v) is 24.5. The van der Waals surface area contributed by atoms with Crippen LogP contribution in [-0.4, -0.2) is 58.5 Å². The van der Waals surface area contributed by atoms with Crippen molar-refractivity contribution in [3.63, 3.8) is 0 Å². The van der Waals surface area contributed by atoms with Gasteiger partial charge in [-0.1, -0.05) is 31.6 Å². The molecule has 7 atom stereocenters. The van der Waals surface area contributed by atoms with E-state index in [1.54, 1.807) is 18.2 Å². The Hall–Kier alpha value is -2.91. The van der Waals surface area contributed by atoms with Gasteiger partial charge in [-0.2, -0.15) is 0 Å². The van der Waals surface area contributed by atoms with Crippen LogP contribution in [0.5, 0.6) is 0 Å². The summed E-state index contributed by atoms with van der Waals surface area (Å²) in [6, 6.07) is 6.00. The summed E-state index contributed by atoms with van der Waals surface area (Å²) in [4.78, 5) is 50.0. The Balaban J connectivity index is 1.13. The Morgan fingerprint density at radius 2 is 1.81 bits per heavy atom. The molecule has 42 heavy (non-hydrogen) atoms. The fraction of sp³-hybridized carbons (Fsp3) is 0.636. The molecular formula is C33H42FNO7. The molecule has 4 aliphatic carbocycles. The Morgan fingerprint density at radius 3 is 2.55 bits per heavy atom. The Labute approximate surface area is 246 Å². The summed E-state index contributed by atoms with van der Waals surface area (Å²) in [7, 11) is 0. The second kappa shape index (κ2) is 11.6. The van der Waals surface area contributed by atoms with Gasteiger partial charge in [-0.3, -0.25) is 19.2 Å². The number of carbonyl (C=O) groups excluding carboxylic acids is 4. The monoisotopic (exact) mass is 583 g/mol. The first-order valence-electron chi connectivity index (χ1n) is 15.2. The number of fused-ring (bicyclic) bond motifs is 5. The van der Waals surface area contributed by atoms with Crippen molar-refractivity contribution in [2.45, 2.75) is 89.8 Å². The summed E-state index contributed by atoms with van der Waals surface area (Å²) in [6.45, 7) is 3.80. The van der Waals surface area contributed by atoms with Crippen molar-refractivity contribution in [1.82, 2.24) is 5.32 Å². The Kier molecular flexibility index (Phi) is 8.47. The van der Waals surface area contributed by atoms with Crippen molar-refractivity contribution >= 4 is 23.4 Å². The lowest BCUT2D eigenvalue weighted by Crippen LogP contribution is -2.62. The molecule has 4 aliphatic rings. The molecule has 0 saturated heterocycles.